The van der Waals surface area contributed by atoms with Crippen LogP contribution in [0.2, 0.25) is 0 Å². The van der Waals surface area contributed by atoms with Gasteiger partial charge >= 0.3 is 0 Å². The fourth-order valence-electron chi connectivity index (χ4n) is 1.71. The third kappa shape index (κ3) is 3.08. The lowest BCUT2D eigenvalue weighted by Gasteiger charge is -2.06. The van der Waals surface area contributed by atoms with Crippen LogP contribution in [0.25, 0.3) is 0 Å². The largest absolute Gasteiger partial charge is 0.306 e. The summed E-state index contributed by atoms with van der Waals surface area (Å²) < 4.78 is 3.79. The molecule has 0 aliphatic carbocycles. The van der Waals surface area contributed by atoms with E-state index in [1.165, 1.54) is 17.0 Å². The molecule has 1 N–H and O–H groups in total. The van der Waals surface area contributed by atoms with Crippen LogP contribution in [0, 0.1) is 6.92 Å². The average molecular weight is 256 g/mol. The summed E-state index contributed by atoms with van der Waals surface area (Å²) in [5, 5.41) is 11.7. The Morgan fingerprint density at radius 1 is 1.18 bits per heavy atom. The fraction of sp³-hybridized carbons (Fsp3) is 0.455. The second kappa shape index (κ2) is 5.84. The van der Waals surface area contributed by atoms with Gasteiger partial charge in [0.1, 0.15) is 0 Å². The van der Waals surface area contributed by atoms with Gasteiger partial charge in [0.15, 0.2) is 0 Å². The number of nitrogens with one attached hydrogen (secondary N) is 1. The van der Waals surface area contributed by atoms with Crippen LogP contribution in [0.15, 0.2) is 18.5 Å². The molecule has 0 aliphatic heterocycles. The highest BCUT2D eigenvalue weighted by Gasteiger charge is 2.04. The van der Waals surface area contributed by atoms with Crippen molar-refractivity contribution in [3.63, 3.8) is 0 Å². The van der Waals surface area contributed by atoms with Crippen LogP contribution < -0.4 is 5.32 Å². The molecule has 0 aliphatic rings. The minimum atomic E-state index is 0. The predicted octanol–water partition coefficient (Wildman–Crippen LogP) is 1.17. The maximum Gasteiger partial charge on any atom is 0.0547 e. The van der Waals surface area contributed by atoms with Crippen LogP contribution in [0.5, 0.6) is 0 Å². The summed E-state index contributed by atoms with van der Waals surface area (Å²) in [4.78, 5) is 0. The molecule has 0 saturated carbocycles. The molecule has 0 fully saturated rings. The van der Waals surface area contributed by atoms with E-state index in [4.69, 9.17) is 0 Å². The first-order valence-electron chi connectivity index (χ1n) is 5.33. The van der Waals surface area contributed by atoms with Crippen molar-refractivity contribution in [2.75, 3.05) is 0 Å². The first-order valence-corrected chi connectivity index (χ1v) is 5.33. The second-order valence-electron chi connectivity index (χ2n) is 3.95. The molecule has 0 aromatic carbocycles. The third-order valence-electron chi connectivity index (χ3n) is 2.79. The van der Waals surface area contributed by atoms with Gasteiger partial charge in [-0.05, 0) is 18.6 Å². The molecule has 0 bridgehead atoms. The second-order valence-corrected chi connectivity index (χ2v) is 3.95. The van der Waals surface area contributed by atoms with Gasteiger partial charge in [-0.15, -0.1) is 12.4 Å². The van der Waals surface area contributed by atoms with Crippen molar-refractivity contribution in [1.29, 1.82) is 0 Å². The molecule has 0 radical (unpaired) electrons. The van der Waals surface area contributed by atoms with E-state index in [0.29, 0.717) is 0 Å². The lowest BCUT2D eigenvalue weighted by atomic mass is 10.2. The van der Waals surface area contributed by atoms with Crippen LogP contribution in [0.3, 0.4) is 0 Å². The molecule has 0 unspecified atom stereocenters. The number of hydrogen-bond acceptors (Lipinski definition) is 3. The topological polar surface area (TPSA) is 47.7 Å². The SMILES string of the molecule is Cc1cnn(C)c1CNCc1ccnn1C.Cl. The third-order valence-corrected chi connectivity index (χ3v) is 2.79. The van der Waals surface area contributed by atoms with Crippen LogP contribution in [0.1, 0.15) is 17.0 Å². The quantitative estimate of drug-likeness (QED) is 0.892. The van der Waals surface area contributed by atoms with E-state index in [1.54, 1.807) is 0 Å². The molecule has 0 amide bonds. The number of aromatic nitrogens is 4. The molecule has 0 atom stereocenters. The van der Waals surface area contributed by atoms with E-state index in [2.05, 4.69) is 22.4 Å². The molecule has 0 spiro atoms. The van der Waals surface area contributed by atoms with Gasteiger partial charge in [0.05, 0.1) is 17.6 Å². The molecular weight excluding hydrogens is 238 g/mol. The maximum absolute atomic E-state index is 4.21. The standard InChI is InChI=1S/C11H17N5.ClH/c1-9-6-14-16(3)11(9)8-12-7-10-4-5-13-15(10)2;/h4-6,12H,7-8H2,1-3H3;1H. The van der Waals surface area contributed by atoms with Crippen molar-refractivity contribution in [1.82, 2.24) is 24.9 Å². The Balaban J connectivity index is 0.00000144. The first-order chi connectivity index (χ1) is 7.68. The Morgan fingerprint density at radius 2 is 1.94 bits per heavy atom. The van der Waals surface area contributed by atoms with Crippen molar-refractivity contribution in [2.45, 2.75) is 20.0 Å². The average Bonchev–Trinajstić information content (AvgIpc) is 2.79. The highest BCUT2D eigenvalue weighted by molar-refractivity contribution is 5.85. The van der Waals surface area contributed by atoms with Crippen molar-refractivity contribution in [3.8, 4) is 0 Å². The minimum absolute atomic E-state index is 0. The predicted molar refractivity (Wildman–Crippen MR) is 68.9 cm³/mol. The van der Waals surface area contributed by atoms with Gasteiger partial charge in [-0.1, -0.05) is 0 Å². The Kier molecular flexibility index (Phi) is 4.72. The zero-order chi connectivity index (χ0) is 11.5. The summed E-state index contributed by atoms with van der Waals surface area (Å²) in [6.45, 7) is 3.72. The van der Waals surface area contributed by atoms with Crippen molar-refractivity contribution in [2.24, 2.45) is 14.1 Å². The van der Waals surface area contributed by atoms with E-state index in [9.17, 15) is 0 Å². The van der Waals surface area contributed by atoms with Crippen LogP contribution >= 0.6 is 12.4 Å². The summed E-state index contributed by atoms with van der Waals surface area (Å²) >= 11 is 0. The molecule has 2 aromatic rings. The summed E-state index contributed by atoms with van der Waals surface area (Å²) in [7, 11) is 3.92. The highest BCUT2D eigenvalue weighted by Crippen LogP contribution is 2.05. The molecule has 2 rings (SSSR count). The van der Waals surface area contributed by atoms with E-state index < -0.39 is 0 Å². The summed E-state index contributed by atoms with van der Waals surface area (Å²) in [5.41, 5.74) is 3.63. The molecule has 17 heavy (non-hydrogen) atoms. The molecular formula is C11H18ClN5. The molecule has 94 valence electrons. The molecule has 2 heterocycles. The Bertz CT molecular complexity index is 454. The van der Waals surface area contributed by atoms with Crippen molar-refractivity contribution < 1.29 is 0 Å². The number of aryl methyl sites for hydroxylation is 3. The van der Waals surface area contributed by atoms with Gasteiger partial charge in [0.25, 0.3) is 0 Å². The lowest BCUT2D eigenvalue weighted by molar-refractivity contribution is 0.593. The maximum atomic E-state index is 4.21. The van der Waals surface area contributed by atoms with E-state index in [1.807, 2.05) is 41.9 Å². The zero-order valence-corrected chi connectivity index (χ0v) is 11.2. The summed E-state index contributed by atoms with van der Waals surface area (Å²) in [6.07, 6.45) is 3.70. The molecule has 6 heteroatoms. The minimum Gasteiger partial charge on any atom is -0.306 e. The number of rotatable bonds is 4. The van der Waals surface area contributed by atoms with E-state index in [0.717, 1.165) is 13.1 Å². The van der Waals surface area contributed by atoms with Crippen LogP contribution in [-0.2, 0) is 27.2 Å². The van der Waals surface area contributed by atoms with Crippen LogP contribution in [-0.4, -0.2) is 19.6 Å². The normalized spacial score (nSPS) is 10.3. The summed E-state index contributed by atoms with van der Waals surface area (Å²) in [5.74, 6) is 0. The zero-order valence-electron chi connectivity index (χ0n) is 10.3. The molecule has 0 saturated heterocycles. The fourth-order valence-corrected chi connectivity index (χ4v) is 1.71. The lowest BCUT2D eigenvalue weighted by Crippen LogP contribution is -2.17. The van der Waals surface area contributed by atoms with Gasteiger partial charge < -0.3 is 5.32 Å². The summed E-state index contributed by atoms with van der Waals surface area (Å²) in [6, 6.07) is 2.02. The van der Waals surface area contributed by atoms with Gasteiger partial charge in [-0.2, -0.15) is 10.2 Å². The van der Waals surface area contributed by atoms with Gasteiger partial charge in [0, 0.05) is 33.4 Å². The number of halogens is 1. The Morgan fingerprint density at radius 3 is 2.47 bits per heavy atom. The van der Waals surface area contributed by atoms with E-state index >= 15 is 0 Å². The van der Waals surface area contributed by atoms with Crippen molar-refractivity contribution >= 4 is 12.4 Å². The van der Waals surface area contributed by atoms with Gasteiger partial charge in [-0.3, -0.25) is 9.36 Å². The van der Waals surface area contributed by atoms with Crippen molar-refractivity contribution in [3.05, 3.63) is 35.4 Å². The highest BCUT2D eigenvalue weighted by atomic mass is 35.5. The monoisotopic (exact) mass is 255 g/mol. The van der Waals surface area contributed by atoms with E-state index in [-0.39, 0.29) is 12.4 Å². The smallest absolute Gasteiger partial charge is 0.0547 e. The Hall–Kier alpha value is -1.33. The van der Waals surface area contributed by atoms with Crippen LogP contribution in [0.4, 0.5) is 0 Å². The number of nitrogens with zero attached hydrogens (tertiary/aromatic N) is 4. The van der Waals surface area contributed by atoms with Gasteiger partial charge in [0.2, 0.25) is 0 Å². The van der Waals surface area contributed by atoms with Gasteiger partial charge in [-0.25, -0.2) is 0 Å². The number of hydrogen-bond donors (Lipinski definition) is 1. The Labute approximate surface area is 107 Å². The molecule has 5 nitrogen and oxygen atoms in total. The first kappa shape index (κ1) is 13.7. The molecule has 2 aromatic heterocycles.